The zero-order valence-corrected chi connectivity index (χ0v) is 20.0. The Morgan fingerprint density at radius 2 is 1.86 bits per heavy atom. The Morgan fingerprint density at radius 3 is 2.54 bits per heavy atom. The summed E-state index contributed by atoms with van der Waals surface area (Å²) in [4.78, 5) is 32.2. The summed E-state index contributed by atoms with van der Waals surface area (Å²) in [7, 11) is 0. The van der Waals surface area contributed by atoms with Crippen LogP contribution in [0.5, 0.6) is 0 Å². The molecule has 0 fully saturated rings. The molecule has 0 bridgehead atoms. The Hall–Kier alpha value is -4.72. The summed E-state index contributed by atoms with van der Waals surface area (Å²) in [6.45, 7) is 5.76. The second kappa shape index (κ2) is 9.39. The summed E-state index contributed by atoms with van der Waals surface area (Å²) in [6.07, 6.45) is -2.17. The first kappa shape index (κ1) is 25.4. The van der Waals surface area contributed by atoms with Gasteiger partial charge in [0.25, 0.3) is 11.5 Å². The van der Waals surface area contributed by atoms with E-state index in [1.165, 1.54) is 18.5 Å². The number of nitrogens with one attached hydrogen (secondary N) is 2. The normalized spacial score (nSPS) is 12.4. The molecule has 0 unspecified atom stereocenters. The minimum Gasteiger partial charge on any atom is -0.321 e. The van der Waals surface area contributed by atoms with E-state index in [1.807, 2.05) is 20.8 Å². The highest BCUT2D eigenvalue weighted by molar-refractivity contribution is 6.10. The monoisotopic (exact) mass is 506 g/mol. The first-order valence-electron chi connectivity index (χ1n) is 11.1. The van der Waals surface area contributed by atoms with E-state index >= 15 is 0 Å². The molecule has 0 spiro atoms. The lowest BCUT2D eigenvalue weighted by atomic mass is 10.1. The van der Waals surface area contributed by atoms with Gasteiger partial charge in [-0.1, -0.05) is 24.3 Å². The van der Waals surface area contributed by atoms with E-state index < -0.39 is 23.2 Å². The Balaban J connectivity index is 1.68. The third kappa shape index (κ3) is 5.28. The van der Waals surface area contributed by atoms with E-state index in [1.54, 1.807) is 35.0 Å². The Morgan fingerprint density at radius 1 is 1.14 bits per heavy atom. The zero-order valence-electron chi connectivity index (χ0n) is 20.0. The van der Waals surface area contributed by atoms with Crippen molar-refractivity contribution in [2.75, 3.05) is 5.32 Å². The fourth-order valence-corrected chi connectivity index (χ4v) is 3.69. The number of carbonyl (C=O) groups is 1. The smallest absolute Gasteiger partial charge is 0.321 e. The number of aromatic amines is 1. The van der Waals surface area contributed by atoms with E-state index in [4.69, 9.17) is 0 Å². The zero-order chi connectivity index (χ0) is 27.0. The maximum absolute atomic E-state index is 13.0. The van der Waals surface area contributed by atoms with Crippen molar-refractivity contribution in [1.29, 1.82) is 5.26 Å². The maximum atomic E-state index is 13.0. The topological polar surface area (TPSA) is 116 Å². The number of anilines is 1. The molecule has 188 valence electrons. The number of nitriles is 1. The SMILES string of the molecule is CC(C)(C)n1nc(-c2cccc(NC(=O)/C(C#N)=C/c3cccc(C(F)(F)F)c3)c2)c2c(=O)[nH]cnc21. The fraction of sp³-hybridized carbons (Fsp3) is 0.192. The van der Waals surface area contributed by atoms with Crippen molar-refractivity contribution < 1.29 is 18.0 Å². The van der Waals surface area contributed by atoms with E-state index in [0.29, 0.717) is 22.6 Å². The molecule has 8 nitrogen and oxygen atoms in total. The average Bonchev–Trinajstić information content (AvgIpc) is 3.24. The molecule has 1 amide bonds. The maximum Gasteiger partial charge on any atom is 0.416 e. The van der Waals surface area contributed by atoms with Crippen LogP contribution in [0.1, 0.15) is 31.9 Å². The highest BCUT2D eigenvalue weighted by atomic mass is 19.4. The number of amides is 1. The second-order valence-corrected chi connectivity index (χ2v) is 9.19. The highest BCUT2D eigenvalue weighted by Gasteiger charge is 2.30. The van der Waals surface area contributed by atoms with E-state index in [9.17, 15) is 28.0 Å². The minimum atomic E-state index is -4.55. The van der Waals surface area contributed by atoms with Crippen LogP contribution in [0.15, 0.2) is 65.2 Å². The van der Waals surface area contributed by atoms with Crippen molar-refractivity contribution in [3.8, 4) is 17.3 Å². The van der Waals surface area contributed by atoms with Crippen LogP contribution in [0, 0.1) is 11.3 Å². The Labute approximate surface area is 209 Å². The molecule has 0 saturated carbocycles. The van der Waals surface area contributed by atoms with Gasteiger partial charge in [-0.2, -0.15) is 23.5 Å². The van der Waals surface area contributed by atoms with Crippen molar-refractivity contribution in [3.05, 3.63) is 81.9 Å². The van der Waals surface area contributed by atoms with Crippen molar-refractivity contribution in [3.63, 3.8) is 0 Å². The van der Waals surface area contributed by atoms with Gasteiger partial charge in [-0.05, 0) is 56.7 Å². The predicted molar refractivity (Wildman–Crippen MR) is 132 cm³/mol. The van der Waals surface area contributed by atoms with Crippen LogP contribution in [-0.4, -0.2) is 25.7 Å². The number of alkyl halides is 3. The third-order valence-electron chi connectivity index (χ3n) is 5.39. The number of H-pyrrole nitrogens is 1. The van der Waals surface area contributed by atoms with Gasteiger partial charge in [0.1, 0.15) is 22.7 Å². The molecule has 2 N–H and O–H groups in total. The number of benzene rings is 2. The molecule has 0 aliphatic heterocycles. The molecule has 4 rings (SSSR count). The highest BCUT2D eigenvalue weighted by Crippen LogP contribution is 2.31. The lowest BCUT2D eigenvalue weighted by molar-refractivity contribution is -0.137. The number of hydrogen-bond acceptors (Lipinski definition) is 5. The van der Waals surface area contributed by atoms with Gasteiger partial charge >= 0.3 is 6.18 Å². The number of carbonyl (C=O) groups excluding carboxylic acids is 1. The number of halogens is 3. The van der Waals surface area contributed by atoms with Crippen LogP contribution >= 0.6 is 0 Å². The summed E-state index contributed by atoms with van der Waals surface area (Å²) >= 11 is 0. The summed E-state index contributed by atoms with van der Waals surface area (Å²) in [5, 5.41) is 16.9. The molecule has 4 aromatic rings. The standard InChI is InChI=1S/C26H21F3N6O2/c1-25(2,3)35-22-20(24(37)32-14-31-22)21(34-35)16-7-5-9-19(12-16)33-23(36)17(13-30)10-15-6-4-8-18(11-15)26(27,28)29/h4-12,14H,1-3H3,(H,33,36)(H,31,32,37)/b17-10+. The van der Waals surface area contributed by atoms with Gasteiger partial charge in [-0.25, -0.2) is 9.67 Å². The lowest BCUT2D eigenvalue weighted by Gasteiger charge is -2.19. The summed E-state index contributed by atoms with van der Waals surface area (Å²) in [5.74, 6) is -0.804. The molecule has 2 aromatic heterocycles. The molecule has 2 heterocycles. The fourth-order valence-electron chi connectivity index (χ4n) is 3.69. The number of hydrogen-bond donors (Lipinski definition) is 2. The van der Waals surface area contributed by atoms with Gasteiger partial charge in [0, 0.05) is 11.3 Å². The van der Waals surface area contributed by atoms with Gasteiger partial charge in [0.05, 0.1) is 17.4 Å². The van der Waals surface area contributed by atoms with Crippen LogP contribution in [0.4, 0.5) is 18.9 Å². The molecule has 0 radical (unpaired) electrons. The largest absolute Gasteiger partial charge is 0.416 e. The van der Waals surface area contributed by atoms with Crippen LogP contribution in [-0.2, 0) is 16.5 Å². The molecule has 2 aromatic carbocycles. The van der Waals surface area contributed by atoms with Crippen LogP contribution in [0.2, 0.25) is 0 Å². The number of fused-ring (bicyclic) bond motifs is 1. The number of aromatic nitrogens is 4. The molecule has 0 saturated heterocycles. The quantitative estimate of drug-likeness (QED) is 0.295. The minimum absolute atomic E-state index is 0.0567. The first-order chi connectivity index (χ1) is 17.4. The van der Waals surface area contributed by atoms with E-state index in [0.717, 1.165) is 18.2 Å². The van der Waals surface area contributed by atoms with E-state index in [2.05, 4.69) is 20.4 Å². The third-order valence-corrected chi connectivity index (χ3v) is 5.39. The summed E-state index contributed by atoms with van der Waals surface area (Å²) < 4.78 is 40.7. The molecule has 0 atom stereocenters. The van der Waals surface area contributed by atoms with Gasteiger partial charge in [0.2, 0.25) is 0 Å². The molecular formula is C26H21F3N6O2. The van der Waals surface area contributed by atoms with Crippen LogP contribution < -0.4 is 10.9 Å². The molecule has 11 heteroatoms. The van der Waals surface area contributed by atoms with Crippen molar-refractivity contribution in [1.82, 2.24) is 19.7 Å². The molecular weight excluding hydrogens is 485 g/mol. The van der Waals surface area contributed by atoms with E-state index in [-0.39, 0.29) is 22.1 Å². The molecule has 37 heavy (non-hydrogen) atoms. The summed E-state index contributed by atoms with van der Waals surface area (Å²) in [5.41, 5.74) is -0.491. The number of nitrogens with zero attached hydrogens (tertiary/aromatic N) is 4. The lowest BCUT2D eigenvalue weighted by Crippen LogP contribution is -2.23. The predicted octanol–water partition coefficient (Wildman–Crippen LogP) is 5.11. The van der Waals surface area contributed by atoms with Crippen molar-refractivity contribution >= 4 is 28.7 Å². The molecule has 0 aliphatic carbocycles. The molecule has 0 aliphatic rings. The average molecular weight is 506 g/mol. The second-order valence-electron chi connectivity index (χ2n) is 9.19. The number of rotatable bonds is 4. The van der Waals surface area contributed by atoms with Crippen molar-refractivity contribution in [2.24, 2.45) is 0 Å². The van der Waals surface area contributed by atoms with Gasteiger partial charge in [0.15, 0.2) is 5.65 Å². The van der Waals surface area contributed by atoms with Gasteiger partial charge in [-0.15, -0.1) is 0 Å². The van der Waals surface area contributed by atoms with Crippen LogP contribution in [0.3, 0.4) is 0 Å². The Bertz CT molecular complexity index is 1640. The van der Waals surface area contributed by atoms with Crippen molar-refractivity contribution in [2.45, 2.75) is 32.5 Å². The van der Waals surface area contributed by atoms with Gasteiger partial charge < -0.3 is 10.3 Å². The van der Waals surface area contributed by atoms with Gasteiger partial charge in [-0.3, -0.25) is 9.59 Å². The summed E-state index contributed by atoms with van der Waals surface area (Å²) in [6, 6.07) is 12.5. The first-order valence-corrected chi connectivity index (χ1v) is 11.1. The Kier molecular flexibility index (Phi) is 6.44. The van der Waals surface area contributed by atoms with Crippen LogP contribution in [0.25, 0.3) is 28.4 Å².